The Hall–Kier alpha value is -1.30. The van der Waals surface area contributed by atoms with Gasteiger partial charge in [0.15, 0.2) is 0 Å². The summed E-state index contributed by atoms with van der Waals surface area (Å²) in [4.78, 5) is 23.9. The number of ether oxygens (including phenoxy) is 1. The fourth-order valence-electron chi connectivity index (χ4n) is 1.60. The molecule has 1 fully saturated rings. The van der Waals surface area contributed by atoms with E-state index in [4.69, 9.17) is 9.84 Å². The summed E-state index contributed by atoms with van der Waals surface area (Å²) in [5.74, 6) is -0.347. The lowest BCUT2D eigenvalue weighted by atomic mass is 10.3. The zero-order chi connectivity index (χ0) is 13.5. The molecule has 0 unspecified atom stereocenters. The summed E-state index contributed by atoms with van der Waals surface area (Å²) >= 11 is 0. The molecule has 1 rings (SSSR count). The molecule has 18 heavy (non-hydrogen) atoms. The molecule has 1 aliphatic rings. The van der Waals surface area contributed by atoms with Crippen LogP contribution in [-0.4, -0.2) is 54.4 Å². The van der Waals surface area contributed by atoms with Gasteiger partial charge < -0.3 is 20.1 Å². The molecular weight excluding hydrogens is 236 g/mol. The minimum Gasteiger partial charge on any atom is -0.480 e. The second-order valence-corrected chi connectivity index (χ2v) is 4.87. The number of hydrogen-bond acceptors (Lipinski definition) is 3. The van der Waals surface area contributed by atoms with Crippen molar-refractivity contribution < 1.29 is 19.4 Å². The van der Waals surface area contributed by atoms with E-state index in [1.54, 1.807) is 0 Å². The molecule has 0 aromatic rings. The molecule has 1 saturated carbocycles. The quantitative estimate of drug-likeness (QED) is 0.634. The highest BCUT2D eigenvalue weighted by Gasteiger charge is 2.27. The summed E-state index contributed by atoms with van der Waals surface area (Å²) in [6, 6.07) is 0.0707. The van der Waals surface area contributed by atoms with Crippen molar-refractivity contribution in [3.05, 3.63) is 0 Å². The first kappa shape index (κ1) is 14.8. The number of aliphatic carboxylic acids is 1. The molecule has 0 atom stereocenters. The highest BCUT2D eigenvalue weighted by molar-refractivity contribution is 5.74. The largest absolute Gasteiger partial charge is 0.480 e. The van der Waals surface area contributed by atoms with Gasteiger partial charge in [0.2, 0.25) is 0 Å². The Morgan fingerprint density at radius 3 is 2.61 bits per heavy atom. The lowest BCUT2D eigenvalue weighted by Crippen LogP contribution is -2.45. The molecule has 1 aliphatic carbocycles. The molecule has 6 heteroatoms. The molecule has 0 spiro atoms. The molecule has 2 N–H and O–H groups in total. The van der Waals surface area contributed by atoms with Crippen molar-refractivity contribution in [2.24, 2.45) is 5.92 Å². The van der Waals surface area contributed by atoms with E-state index in [1.807, 2.05) is 18.7 Å². The molecule has 2 amide bonds. The monoisotopic (exact) mass is 258 g/mol. The number of nitrogens with zero attached hydrogens (tertiary/aromatic N) is 1. The molecule has 0 saturated heterocycles. The summed E-state index contributed by atoms with van der Waals surface area (Å²) in [5.41, 5.74) is 0. The minimum atomic E-state index is -1.00. The van der Waals surface area contributed by atoms with Gasteiger partial charge in [0.25, 0.3) is 0 Å². The van der Waals surface area contributed by atoms with E-state index in [9.17, 15) is 9.59 Å². The Labute approximate surface area is 107 Å². The predicted molar refractivity (Wildman–Crippen MR) is 66.4 cm³/mol. The van der Waals surface area contributed by atoms with E-state index in [-0.39, 0.29) is 25.3 Å². The fourth-order valence-corrected chi connectivity index (χ4v) is 1.60. The van der Waals surface area contributed by atoms with Crippen LogP contribution in [0, 0.1) is 5.92 Å². The molecule has 0 aromatic heterocycles. The lowest BCUT2D eigenvalue weighted by molar-refractivity contribution is -0.142. The first-order valence-electron chi connectivity index (χ1n) is 6.34. The maximum Gasteiger partial charge on any atom is 0.329 e. The van der Waals surface area contributed by atoms with E-state index in [0.29, 0.717) is 12.5 Å². The number of carbonyl (C=O) groups is 2. The van der Waals surface area contributed by atoms with Crippen LogP contribution in [0.25, 0.3) is 0 Å². The second kappa shape index (κ2) is 7.20. The summed E-state index contributed by atoms with van der Waals surface area (Å²) in [6.07, 6.45) is 2.41. The van der Waals surface area contributed by atoms with E-state index in [0.717, 1.165) is 6.54 Å². The topological polar surface area (TPSA) is 78.9 Å². The maximum absolute atomic E-state index is 11.9. The van der Waals surface area contributed by atoms with Crippen molar-refractivity contribution >= 4 is 12.0 Å². The van der Waals surface area contributed by atoms with Crippen LogP contribution in [0.4, 0.5) is 4.79 Å². The van der Waals surface area contributed by atoms with Crippen LogP contribution in [0.2, 0.25) is 0 Å². The number of hydrogen-bond donors (Lipinski definition) is 2. The van der Waals surface area contributed by atoms with Crippen LogP contribution in [0.5, 0.6) is 0 Å². The van der Waals surface area contributed by atoms with Gasteiger partial charge in [-0.1, -0.05) is 0 Å². The third-order valence-electron chi connectivity index (χ3n) is 2.78. The van der Waals surface area contributed by atoms with Crippen LogP contribution >= 0.6 is 0 Å². The van der Waals surface area contributed by atoms with Gasteiger partial charge in [-0.05, 0) is 32.6 Å². The van der Waals surface area contributed by atoms with Crippen LogP contribution < -0.4 is 5.32 Å². The third-order valence-corrected chi connectivity index (χ3v) is 2.78. The number of nitrogens with one attached hydrogen (secondary N) is 1. The second-order valence-electron chi connectivity index (χ2n) is 4.87. The number of carboxylic acid groups (broad SMARTS) is 1. The highest BCUT2D eigenvalue weighted by Crippen LogP contribution is 2.30. The van der Waals surface area contributed by atoms with Gasteiger partial charge in [0.1, 0.15) is 6.61 Å². The predicted octanol–water partition coefficient (Wildman–Crippen LogP) is 0.918. The molecule has 0 radical (unpaired) electrons. The van der Waals surface area contributed by atoms with E-state index >= 15 is 0 Å². The first-order valence-corrected chi connectivity index (χ1v) is 6.34. The van der Waals surface area contributed by atoms with Crippen LogP contribution in [-0.2, 0) is 9.53 Å². The van der Waals surface area contributed by atoms with Gasteiger partial charge in [-0.3, -0.25) is 0 Å². The molecule has 0 aliphatic heterocycles. The Balaban J connectivity index is 2.17. The Bertz CT molecular complexity index is 290. The third kappa shape index (κ3) is 5.86. The minimum absolute atomic E-state index is 0.101. The maximum atomic E-state index is 11.9. The normalized spacial score (nSPS) is 14.6. The SMILES string of the molecule is CC(C)N(CC1CC1)C(=O)NCCOCC(=O)O. The molecule has 0 heterocycles. The molecule has 104 valence electrons. The van der Waals surface area contributed by atoms with Gasteiger partial charge in [-0.15, -0.1) is 0 Å². The number of carboxylic acids is 1. The average molecular weight is 258 g/mol. The zero-order valence-electron chi connectivity index (χ0n) is 11.0. The van der Waals surface area contributed by atoms with E-state index < -0.39 is 5.97 Å². The Morgan fingerprint density at radius 1 is 1.44 bits per heavy atom. The van der Waals surface area contributed by atoms with E-state index in [1.165, 1.54) is 12.8 Å². The first-order chi connectivity index (χ1) is 8.50. The molecular formula is C12H22N2O4. The van der Waals surface area contributed by atoms with Crippen molar-refractivity contribution in [3.63, 3.8) is 0 Å². The van der Waals surface area contributed by atoms with Gasteiger partial charge in [0, 0.05) is 19.1 Å². The van der Waals surface area contributed by atoms with Crippen molar-refractivity contribution in [1.29, 1.82) is 0 Å². The smallest absolute Gasteiger partial charge is 0.329 e. The van der Waals surface area contributed by atoms with Crippen LogP contribution in [0.1, 0.15) is 26.7 Å². The number of rotatable bonds is 8. The van der Waals surface area contributed by atoms with Gasteiger partial charge >= 0.3 is 12.0 Å². The summed E-state index contributed by atoms with van der Waals surface area (Å²) in [5, 5.41) is 11.1. The number of carbonyl (C=O) groups excluding carboxylic acids is 1. The summed E-state index contributed by atoms with van der Waals surface area (Å²) < 4.78 is 4.85. The Morgan fingerprint density at radius 2 is 2.11 bits per heavy atom. The van der Waals surface area contributed by atoms with Gasteiger partial charge in [-0.25, -0.2) is 9.59 Å². The summed E-state index contributed by atoms with van der Waals surface area (Å²) in [6.45, 7) is 5.00. The van der Waals surface area contributed by atoms with Gasteiger partial charge in [-0.2, -0.15) is 0 Å². The summed E-state index contributed by atoms with van der Waals surface area (Å²) in [7, 11) is 0. The molecule has 0 aromatic carbocycles. The average Bonchev–Trinajstić information content (AvgIpc) is 3.08. The molecule has 6 nitrogen and oxygen atoms in total. The van der Waals surface area contributed by atoms with Crippen molar-refractivity contribution in [3.8, 4) is 0 Å². The van der Waals surface area contributed by atoms with Crippen molar-refractivity contribution in [2.45, 2.75) is 32.7 Å². The van der Waals surface area contributed by atoms with E-state index in [2.05, 4.69) is 5.32 Å². The molecule has 0 bridgehead atoms. The van der Waals surface area contributed by atoms with Crippen molar-refractivity contribution in [2.75, 3.05) is 26.3 Å². The van der Waals surface area contributed by atoms with Gasteiger partial charge in [0.05, 0.1) is 6.61 Å². The standard InChI is InChI=1S/C12H22N2O4/c1-9(2)14(7-10-3-4-10)12(17)13-5-6-18-8-11(15)16/h9-10H,3-8H2,1-2H3,(H,13,17)(H,15,16). The number of amides is 2. The Kier molecular flexibility index (Phi) is 5.91. The fraction of sp³-hybridized carbons (Fsp3) is 0.833. The zero-order valence-corrected chi connectivity index (χ0v) is 11.0. The lowest BCUT2D eigenvalue weighted by Gasteiger charge is -2.27. The highest BCUT2D eigenvalue weighted by atomic mass is 16.5. The number of urea groups is 1. The van der Waals surface area contributed by atoms with Crippen LogP contribution in [0.3, 0.4) is 0 Å². The van der Waals surface area contributed by atoms with Crippen molar-refractivity contribution in [1.82, 2.24) is 10.2 Å². The van der Waals surface area contributed by atoms with Crippen LogP contribution in [0.15, 0.2) is 0 Å².